The highest BCUT2D eigenvalue weighted by Crippen LogP contribution is 2.19. The van der Waals surface area contributed by atoms with Crippen molar-refractivity contribution in [1.82, 2.24) is 9.97 Å². The molecule has 0 fully saturated rings. The Labute approximate surface area is 91.5 Å². The van der Waals surface area contributed by atoms with Crippen molar-refractivity contribution in [2.24, 2.45) is 5.18 Å². The van der Waals surface area contributed by atoms with E-state index in [4.69, 9.17) is 0 Å². The zero-order valence-electron chi connectivity index (χ0n) is 8.60. The van der Waals surface area contributed by atoms with Crippen molar-refractivity contribution in [3.8, 4) is 0 Å². The normalized spacial score (nSPS) is 10.1. The number of H-pyrrole nitrogens is 1. The Morgan fingerprint density at radius 3 is 2.62 bits per heavy atom. The zero-order chi connectivity index (χ0) is 11.5. The number of ketones is 1. The fourth-order valence-corrected chi connectivity index (χ4v) is 1.44. The molecule has 2 aromatic rings. The van der Waals surface area contributed by atoms with Crippen LogP contribution in [0.4, 0.5) is 5.82 Å². The molecular formula is C11H9N3O2. The summed E-state index contributed by atoms with van der Waals surface area (Å²) in [7, 11) is 0. The van der Waals surface area contributed by atoms with Gasteiger partial charge < -0.3 is 4.98 Å². The second-order valence-corrected chi connectivity index (χ2v) is 3.31. The van der Waals surface area contributed by atoms with Crippen molar-refractivity contribution in [2.45, 2.75) is 6.92 Å². The molecule has 1 aromatic carbocycles. The number of hydrogen-bond acceptors (Lipinski definition) is 4. The maximum Gasteiger partial charge on any atom is 0.226 e. The van der Waals surface area contributed by atoms with E-state index in [1.54, 1.807) is 31.2 Å². The number of hydrogen-bond donors (Lipinski definition) is 1. The van der Waals surface area contributed by atoms with E-state index in [1.165, 1.54) is 0 Å². The van der Waals surface area contributed by atoms with Crippen molar-refractivity contribution in [3.63, 3.8) is 0 Å². The maximum atomic E-state index is 12.0. The summed E-state index contributed by atoms with van der Waals surface area (Å²) in [6, 6.07) is 8.67. The number of imidazole rings is 1. The van der Waals surface area contributed by atoms with Crippen LogP contribution in [0.3, 0.4) is 0 Å². The Morgan fingerprint density at radius 1 is 1.31 bits per heavy atom. The van der Waals surface area contributed by atoms with E-state index in [9.17, 15) is 9.70 Å². The minimum atomic E-state index is -0.282. The zero-order valence-corrected chi connectivity index (χ0v) is 8.60. The molecule has 5 heteroatoms. The Kier molecular flexibility index (Phi) is 2.59. The van der Waals surface area contributed by atoms with Gasteiger partial charge in [0, 0.05) is 5.56 Å². The molecule has 1 aromatic heterocycles. The van der Waals surface area contributed by atoms with Gasteiger partial charge in [-0.3, -0.25) is 4.79 Å². The summed E-state index contributed by atoms with van der Waals surface area (Å²) in [5.41, 5.74) is 0.634. The number of benzene rings is 1. The van der Waals surface area contributed by atoms with Gasteiger partial charge in [-0.2, -0.15) is 0 Å². The Morgan fingerprint density at radius 2 is 2.00 bits per heavy atom. The molecule has 0 aliphatic heterocycles. The lowest BCUT2D eigenvalue weighted by atomic mass is 10.1. The van der Waals surface area contributed by atoms with Crippen LogP contribution in [0.15, 0.2) is 35.5 Å². The summed E-state index contributed by atoms with van der Waals surface area (Å²) in [5.74, 6) is 0.121. The first-order valence-corrected chi connectivity index (χ1v) is 4.72. The average Bonchev–Trinajstić information content (AvgIpc) is 2.70. The molecule has 0 aliphatic carbocycles. The van der Waals surface area contributed by atoms with Gasteiger partial charge >= 0.3 is 0 Å². The monoisotopic (exact) mass is 215 g/mol. The lowest BCUT2D eigenvalue weighted by molar-refractivity contribution is 0.103. The highest BCUT2D eigenvalue weighted by molar-refractivity contribution is 6.10. The molecule has 2 rings (SSSR count). The minimum absolute atomic E-state index is 0.0913. The molecule has 0 unspecified atom stereocenters. The van der Waals surface area contributed by atoms with Crippen LogP contribution in [0.5, 0.6) is 0 Å². The largest absolute Gasteiger partial charge is 0.337 e. The molecule has 0 amide bonds. The van der Waals surface area contributed by atoms with Gasteiger partial charge in [-0.1, -0.05) is 30.3 Å². The van der Waals surface area contributed by atoms with Gasteiger partial charge in [-0.15, -0.1) is 4.91 Å². The van der Waals surface area contributed by atoms with Crippen molar-refractivity contribution < 1.29 is 4.79 Å². The maximum absolute atomic E-state index is 12.0. The summed E-state index contributed by atoms with van der Waals surface area (Å²) in [5, 5.41) is 2.72. The van der Waals surface area contributed by atoms with Crippen molar-refractivity contribution in [2.75, 3.05) is 0 Å². The van der Waals surface area contributed by atoms with Gasteiger partial charge in [0.05, 0.1) is 0 Å². The van der Waals surface area contributed by atoms with Crippen LogP contribution >= 0.6 is 0 Å². The molecule has 16 heavy (non-hydrogen) atoms. The van der Waals surface area contributed by atoms with Crippen LogP contribution in [0.2, 0.25) is 0 Å². The first kappa shape index (κ1) is 10.2. The predicted octanol–water partition coefficient (Wildman–Crippen LogP) is 2.35. The summed E-state index contributed by atoms with van der Waals surface area (Å²) >= 11 is 0. The van der Waals surface area contributed by atoms with Gasteiger partial charge in [0.15, 0.2) is 0 Å². The number of nitrogens with one attached hydrogen (secondary N) is 1. The fraction of sp³-hybridized carbons (Fsp3) is 0.0909. The van der Waals surface area contributed by atoms with Gasteiger partial charge in [-0.05, 0) is 12.1 Å². The lowest BCUT2D eigenvalue weighted by Crippen LogP contribution is -2.01. The Hall–Kier alpha value is -2.30. The van der Waals surface area contributed by atoms with E-state index in [0.29, 0.717) is 11.4 Å². The number of carbonyl (C=O) groups is 1. The summed E-state index contributed by atoms with van der Waals surface area (Å²) in [6.45, 7) is 1.66. The van der Waals surface area contributed by atoms with Crippen LogP contribution in [0, 0.1) is 11.8 Å². The molecule has 0 atom stereocenters. The first-order chi connectivity index (χ1) is 7.72. The van der Waals surface area contributed by atoms with Crippen molar-refractivity contribution >= 4 is 11.6 Å². The predicted molar refractivity (Wildman–Crippen MR) is 58.7 cm³/mol. The molecule has 1 heterocycles. The third-order valence-electron chi connectivity index (χ3n) is 2.15. The van der Waals surface area contributed by atoms with Gasteiger partial charge in [-0.25, -0.2) is 4.98 Å². The number of aromatic amines is 1. The molecule has 5 nitrogen and oxygen atoms in total. The second kappa shape index (κ2) is 4.06. The lowest BCUT2D eigenvalue weighted by Gasteiger charge is -1.97. The number of aryl methyl sites for hydroxylation is 1. The van der Waals surface area contributed by atoms with Crippen molar-refractivity contribution in [1.29, 1.82) is 0 Å². The fourth-order valence-electron chi connectivity index (χ4n) is 1.44. The molecule has 0 aliphatic rings. The topological polar surface area (TPSA) is 75.2 Å². The van der Waals surface area contributed by atoms with Gasteiger partial charge in [0.25, 0.3) is 0 Å². The van der Waals surface area contributed by atoms with Crippen LogP contribution < -0.4 is 0 Å². The second-order valence-electron chi connectivity index (χ2n) is 3.31. The van der Waals surface area contributed by atoms with E-state index < -0.39 is 0 Å². The average molecular weight is 215 g/mol. The molecule has 0 bridgehead atoms. The third kappa shape index (κ3) is 1.75. The van der Waals surface area contributed by atoms with Gasteiger partial charge in [0.2, 0.25) is 11.6 Å². The van der Waals surface area contributed by atoms with Gasteiger partial charge in [0.1, 0.15) is 11.5 Å². The SMILES string of the molecule is Cc1nc(N=O)c(C(=O)c2ccccc2)[nH]1. The van der Waals surface area contributed by atoms with Crippen LogP contribution in [0.1, 0.15) is 21.9 Å². The summed E-state index contributed by atoms with van der Waals surface area (Å²) in [6.07, 6.45) is 0. The molecule has 0 saturated carbocycles. The van der Waals surface area contributed by atoms with Crippen LogP contribution in [-0.4, -0.2) is 15.8 Å². The number of nitroso groups, excluding NO2 is 1. The van der Waals surface area contributed by atoms with Crippen molar-refractivity contribution in [3.05, 3.63) is 52.3 Å². The smallest absolute Gasteiger partial charge is 0.226 e. The van der Waals surface area contributed by atoms with Crippen LogP contribution in [0.25, 0.3) is 0 Å². The summed E-state index contributed by atoms with van der Waals surface area (Å²) < 4.78 is 0. The Bertz CT molecular complexity index is 531. The first-order valence-electron chi connectivity index (χ1n) is 4.72. The third-order valence-corrected chi connectivity index (χ3v) is 2.15. The Balaban J connectivity index is 2.45. The summed E-state index contributed by atoms with van der Waals surface area (Å²) in [4.78, 5) is 29.0. The molecule has 1 N–H and O–H groups in total. The highest BCUT2D eigenvalue weighted by Gasteiger charge is 2.17. The highest BCUT2D eigenvalue weighted by atomic mass is 16.3. The molecule has 0 spiro atoms. The van der Waals surface area contributed by atoms with Crippen LogP contribution in [-0.2, 0) is 0 Å². The number of aromatic nitrogens is 2. The number of nitrogens with zero attached hydrogens (tertiary/aromatic N) is 2. The van der Waals surface area contributed by atoms with E-state index in [2.05, 4.69) is 15.1 Å². The van der Waals surface area contributed by atoms with E-state index in [1.807, 2.05) is 6.07 Å². The number of rotatable bonds is 3. The van der Waals surface area contributed by atoms with E-state index in [-0.39, 0.29) is 17.3 Å². The van der Waals surface area contributed by atoms with E-state index >= 15 is 0 Å². The molecule has 0 radical (unpaired) electrons. The van der Waals surface area contributed by atoms with E-state index in [0.717, 1.165) is 0 Å². The minimum Gasteiger partial charge on any atom is -0.337 e. The standard InChI is InChI=1S/C11H9N3O2/c1-7-12-9(11(13-7)14-16)10(15)8-5-3-2-4-6-8/h2-6H,1H3,(H,12,13). The molecular weight excluding hydrogens is 206 g/mol. The number of carbonyl (C=O) groups excluding carboxylic acids is 1. The quantitative estimate of drug-likeness (QED) is 0.630. The molecule has 80 valence electrons. The molecule has 0 saturated heterocycles.